The average molecular weight is 288 g/mol. The largest absolute Gasteiger partial charge is 0.192 e. The molecule has 22 heavy (non-hydrogen) atoms. The first-order chi connectivity index (χ1) is 10.1. The Kier molecular flexibility index (Phi) is 5.05. The Morgan fingerprint density at radius 1 is 0.682 bits per heavy atom. The number of nitrogens with zero attached hydrogens (tertiary/aromatic N) is 2. The third kappa shape index (κ3) is 5.02. The Hall–Kier alpha value is -2.68. The smallest absolute Gasteiger partial charge is 0.102 e. The normalized spacial score (nSPS) is 10.4. The summed E-state index contributed by atoms with van der Waals surface area (Å²) in [5.74, 6) is 12.4. The summed E-state index contributed by atoms with van der Waals surface area (Å²) in [4.78, 5) is 0. The lowest BCUT2D eigenvalue weighted by atomic mass is 9.92. The molecule has 2 nitrogen and oxygen atoms in total. The van der Waals surface area contributed by atoms with Crippen molar-refractivity contribution in [3.05, 3.63) is 34.4 Å². The molecule has 0 N–H and O–H groups in total. The Morgan fingerprint density at radius 2 is 1.18 bits per heavy atom. The zero-order valence-electron chi connectivity index (χ0n) is 14.0. The third-order valence-corrected chi connectivity index (χ3v) is 2.57. The van der Waals surface area contributed by atoms with E-state index in [1.54, 1.807) is 12.1 Å². The van der Waals surface area contributed by atoms with Gasteiger partial charge < -0.3 is 0 Å². The molecular weight excluding hydrogens is 268 g/mol. The third-order valence-electron chi connectivity index (χ3n) is 2.57. The van der Waals surface area contributed by atoms with Crippen molar-refractivity contribution in [2.24, 2.45) is 10.8 Å². The molecule has 0 atom stereocenters. The predicted octanol–water partition coefficient (Wildman–Crippen LogP) is 4.23. The van der Waals surface area contributed by atoms with Gasteiger partial charge >= 0.3 is 0 Å². The molecule has 0 aliphatic heterocycles. The van der Waals surface area contributed by atoms with E-state index >= 15 is 0 Å². The van der Waals surface area contributed by atoms with Gasteiger partial charge in [0.25, 0.3) is 0 Å². The molecule has 0 aliphatic rings. The fourth-order valence-corrected chi connectivity index (χ4v) is 1.55. The molecule has 1 aromatic rings. The first kappa shape index (κ1) is 17.4. The van der Waals surface area contributed by atoms with Gasteiger partial charge in [0, 0.05) is 16.4 Å². The van der Waals surface area contributed by atoms with E-state index in [0.29, 0.717) is 22.3 Å². The zero-order valence-corrected chi connectivity index (χ0v) is 14.0. The molecule has 0 aromatic heterocycles. The quantitative estimate of drug-likeness (QED) is 0.671. The first-order valence-electron chi connectivity index (χ1n) is 7.11. The standard InChI is InChI=1S/C20H20N2/c1-19(2,3)11-9-15-7-8-16(13-21)18(14-22)17(15)10-12-20(4,5)6/h7-8H,1-6H3. The highest BCUT2D eigenvalue weighted by Gasteiger charge is 2.12. The van der Waals surface area contributed by atoms with Crippen molar-refractivity contribution in [1.82, 2.24) is 0 Å². The SMILES string of the molecule is CC(C)(C)C#Cc1ccc(C#N)c(C#N)c1C#CC(C)(C)C. The van der Waals surface area contributed by atoms with E-state index < -0.39 is 0 Å². The van der Waals surface area contributed by atoms with E-state index in [1.807, 2.05) is 47.6 Å². The van der Waals surface area contributed by atoms with Crippen molar-refractivity contribution in [3.8, 4) is 35.8 Å². The van der Waals surface area contributed by atoms with Crippen LogP contribution in [-0.2, 0) is 0 Å². The highest BCUT2D eigenvalue weighted by Crippen LogP contribution is 2.20. The van der Waals surface area contributed by atoms with E-state index in [2.05, 4.69) is 29.8 Å². The van der Waals surface area contributed by atoms with Gasteiger partial charge in [-0.2, -0.15) is 10.5 Å². The number of hydrogen-bond acceptors (Lipinski definition) is 2. The van der Waals surface area contributed by atoms with Crippen molar-refractivity contribution in [3.63, 3.8) is 0 Å². The molecule has 0 amide bonds. The van der Waals surface area contributed by atoms with Gasteiger partial charge in [-0.25, -0.2) is 0 Å². The van der Waals surface area contributed by atoms with Crippen molar-refractivity contribution in [2.75, 3.05) is 0 Å². The van der Waals surface area contributed by atoms with Gasteiger partial charge in [-0.1, -0.05) is 23.7 Å². The molecule has 0 bridgehead atoms. The Balaban J connectivity index is 3.65. The highest BCUT2D eigenvalue weighted by molar-refractivity contribution is 5.63. The molecule has 0 fully saturated rings. The lowest BCUT2D eigenvalue weighted by Crippen LogP contribution is -2.02. The zero-order chi connectivity index (χ0) is 17.0. The van der Waals surface area contributed by atoms with Gasteiger partial charge in [0.1, 0.15) is 12.1 Å². The topological polar surface area (TPSA) is 47.6 Å². The molecule has 0 saturated carbocycles. The number of rotatable bonds is 0. The van der Waals surface area contributed by atoms with E-state index in [-0.39, 0.29) is 10.8 Å². The molecule has 1 aromatic carbocycles. The minimum Gasteiger partial charge on any atom is -0.192 e. The van der Waals surface area contributed by atoms with Crippen LogP contribution in [0.4, 0.5) is 0 Å². The summed E-state index contributed by atoms with van der Waals surface area (Å²) < 4.78 is 0. The minimum absolute atomic E-state index is 0.143. The summed E-state index contributed by atoms with van der Waals surface area (Å²) in [6, 6.07) is 7.54. The van der Waals surface area contributed by atoms with Gasteiger partial charge in [-0.3, -0.25) is 0 Å². The van der Waals surface area contributed by atoms with Gasteiger partial charge in [0.15, 0.2) is 0 Å². The second-order valence-electron chi connectivity index (χ2n) is 7.13. The van der Waals surface area contributed by atoms with E-state index in [9.17, 15) is 5.26 Å². The van der Waals surface area contributed by atoms with Crippen molar-refractivity contribution in [2.45, 2.75) is 41.5 Å². The van der Waals surface area contributed by atoms with Gasteiger partial charge in [-0.05, 0) is 53.7 Å². The summed E-state index contributed by atoms with van der Waals surface area (Å²) in [6.45, 7) is 12.1. The molecule has 0 radical (unpaired) electrons. The maximum absolute atomic E-state index is 9.40. The van der Waals surface area contributed by atoms with Crippen LogP contribution >= 0.6 is 0 Å². The molecule has 0 spiro atoms. The monoisotopic (exact) mass is 288 g/mol. The molecule has 110 valence electrons. The maximum Gasteiger partial charge on any atom is 0.102 e. The molecule has 0 saturated heterocycles. The van der Waals surface area contributed by atoms with Crippen LogP contribution in [0.5, 0.6) is 0 Å². The Labute approximate surface area is 133 Å². The molecule has 0 unspecified atom stereocenters. The molecular formula is C20H20N2. The van der Waals surface area contributed by atoms with Gasteiger partial charge in [-0.15, -0.1) is 0 Å². The van der Waals surface area contributed by atoms with Crippen LogP contribution in [0.1, 0.15) is 63.8 Å². The van der Waals surface area contributed by atoms with Crippen LogP contribution in [0.3, 0.4) is 0 Å². The van der Waals surface area contributed by atoms with Crippen LogP contribution in [-0.4, -0.2) is 0 Å². The van der Waals surface area contributed by atoms with Crippen molar-refractivity contribution >= 4 is 0 Å². The van der Waals surface area contributed by atoms with Crippen LogP contribution in [0.2, 0.25) is 0 Å². The maximum atomic E-state index is 9.40. The molecule has 1 rings (SSSR count). The first-order valence-corrected chi connectivity index (χ1v) is 7.11. The van der Waals surface area contributed by atoms with Crippen molar-refractivity contribution < 1.29 is 0 Å². The Bertz CT molecular complexity index is 778. The highest BCUT2D eigenvalue weighted by atomic mass is 14.3. The fourth-order valence-electron chi connectivity index (χ4n) is 1.55. The predicted molar refractivity (Wildman–Crippen MR) is 88.5 cm³/mol. The summed E-state index contributed by atoms with van der Waals surface area (Å²) in [5.41, 5.74) is 1.55. The Morgan fingerprint density at radius 3 is 1.64 bits per heavy atom. The summed E-state index contributed by atoms with van der Waals surface area (Å²) >= 11 is 0. The van der Waals surface area contributed by atoms with Crippen molar-refractivity contribution in [1.29, 1.82) is 10.5 Å². The van der Waals surface area contributed by atoms with Crippen LogP contribution in [0.25, 0.3) is 0 Å². The number of benzene rings is 1. The lowest BCUT2D eigenvalue weighted by molar-refractivity contribution is 0.570. The van der Waals surface area contributed by atoms with Crippen LogP contribution < -0.4 is 0 Å². The number of nitriles is 2. The van der Waals surface area contributed by atoms with Gasteiger partial charge in [0.05, 0.1) is 16.7 Å². The van der Waals surface area contributed by atoms with E-state index in [0.717, 1.165) is 0 Å². The summed E-state index contributed by atoms with van der Waals surface area (Å²) in [6.07, 6.45) is 0. The summed E-state index contributed by atoms with van der Waals surface area (Å²) in [7, 11) is 0. The minimum atomic E-state index is -0.190. The second kappa shape index (κ2) is 6.39. The van der Waals surface area contributed by atoms with Crippen LogP contribution in [0, 0.1) is 57.2 Å². The number of hydrogen-bond donors (Lipinski definition) is 0. The molecule has 2 heteroatoms. The molecule has 0 heterocycles. The molecule has 0 aliphatic carbocycles. The fraction of sp³-hybridized carbons (Fsp3) is 0.400. The van der Waals surface area contributed by atoms with E-state index in [4.69, 9.17) is 5.26 Å². The van der Waals surface area contributed by atoms with Gasteiger partial charge in [0.2, 0.25) is 0 Å². The average Bonchev–Trinajstić information content (AvgIpc) is 2.40. The van der Waals surface area contributed by atoms with E-state index in [1.165, 1.54) is 0 Å². The van der Waals surface area contributed by atoms with Crippen LogP contribution in [0.15, 0.2) is 12.1 Å². The lowest BCUT2D eigenvalue weighted by Gasteiger charge is -2.09. The second-order valence-corrected chi connectivity index (χ2v) is 7.13. The summed E-state index contributed by atoms with van der Waals surface area (Å²) in [5, 5.41) is 18.6.